The Labute approximate surface area is 109 Å². The minimum absolute atomic E-state index is 0.133. The molecule has 0 N–H and O–H groups in total. The number of carbonyl (C=O) groups excluding carboxylic acids is 1. The van der Waals surface area contributed by atoms with Crippen LogP contribution in [0, 0.1) is 0 Å². The Hall–Kier alpha value is -1.46. The Balaban J connectivity index is 2.50. The molecular formula is C16H19OP. The van der Waals surface area contributed by atoms with Gasteiger partial charge in [0.1, 0.15) is 0 Å². The number of benzene rings is 2. The average molecular weight is 258 g/mol. The van der Waals surface area contributed by atoms with Crippen molar-refractivity contribution in [2.45, 2.75) is 0 Å². The van der Waals surface area contributed by atoms with E-state index < -0.39 is 7.26 Å². The van der Waals surface area contributed by atoms with E-state index in [2.05, 4.69) is 26.1 Å². The van der Waals surface area contributed by atoms with Crippen molar-refractivity contribution in [3.05, 3.63) is 65.7 Å². The molecule has 0 saturated carbocycles. The second kappa shape index (κ2) is 5.04. The summed E-state index contributed by atoms with van der Waals surface area (Å²) in [5, 5.41) is 1.24. The van der Waals surface area contributed by atoms with E-state index in [1.54, 1.807) is 0 Å². The summed E-state index contributed by atoms with van der Waals surface area (Å²) in [6.07, 6.45) is 0. The molecule has 0 aliphatic carbocycles. The summed E-state index contributed by atoms with van der Waals surface area (Å²) in [6.45, 7) is 6.80. The molecule has 2 aromatic rings. The van der Waals surface area contributed by atoms with Gasteiger partial charge in [-0.15, -0.1) is 0 Å². The van der Waals surface area contributed by atoms with Crippen molar-refractivity contribution in [3.8, 4) is 0 Å². The Morgan fingerprint density at radius 2 is 1.39 bits per heavy atom. The van der Waals surface area contributed by atoms with Crippen LogP contribution in [-0.2, 0) is 0 Å². The van der Waals surface area contributed by atoms with Crippen LogP contribution in [-0.4, -0.2) is 25.8 Å². The molecule has 2 aromatic carbocycles. The average Bonchev–Trinajstić information content (AvgIpc) is 2.38. The maximum absolute atomic E-state index is 12.5. The molecule has 1 nitrogen and oxygen atoms in total. The van der Waals surface area contributed by atoms with Crippen molar-refractivity contribution in [1.82, 2.24) is 0 Å². The summed E-state index contributed by atoms with van der Waals surface area (Å²) in [4.78, 5) is 12.5. The SMILES string of the molecule is C[PH](C)(C)c1ccccc1C(=O)c1ccccc1. The molecular weight excluding hydrogens is 239 g/mol. The van der Waals surface area contributed by atoms with E-state index in [1.165, 1.54) is 5.30 Å². The Bertz CT molecular complexity index is 553. The minimum atomic E-state index is -1.49. The fraction of sp³-hybridized carbons (Fsp3) is 0.188. The van der Waals surface area contributed by atoms with Gasteiger partial charge in [-0.25, -0.2) is 0 Å². The standard InChI is InChI=1S/C16H19OP/c1-18(2,3)15-12-8-7-11-14(15)16(17)13-9-5-4-6-10-13/h4-12,18H,1-3H3. The van der Waals surface area contributed by atoms with Gasteiger partial charge in [0.25, 0.3) is 0 Å². The molecule has 0 radical (unpaired) electrons. The van der Waals surface area contributed by atoms with Gasteiger partial charge in [0, 0.05) is 0 Å². The Morgan fingerprint density at radius 1 is 0.833 bits per heavy atom. The van der Waals surface area contributed by atoms with Crippen LogP contribution in [0.3, 0.4) is 0 Å². The second-order valence-corrected chi connectivity index (χ2v) is 10.5. The third kappa shape index (κ3) is 2.68. The summed E-state index contributed by atoms with van der Waals surface area (Å²) in [5.74, 6) is 0.133. The topological polar surface area (TPSA) is 17.1 Å². The van der Waals surface area contributed by atoms with Crippen LogP contribution in [0.15, 0.2) is 54.6 Å². The molecule has 2 rings (SSSR count). The van der Waals surface area contributed by atoms with Crippen LogP contribution in [0.5, 0.6) is 0 Å². The molecule has 2 heteroatoms. The number of hydrogen-bond donors (Lipinski definition) is 0. The van der Waals surface area contributed by atoms with Gasteiger partial charge < -0.3 is 0 Å². The van der Waals surface area contributed by atoms with Crippen molar-refractivity contribution in [2.24, 2.45) is 0 Å². The quantitative estimate of drug-likeness (QED) is 0.610. The monoisotopic (exact) mass is 258 g/mol. The normalized spacial score (nSPS) is 12.2. The van der Waals surface area contributed by atoms with Gasteiger partial charge in [-0.05, 0) is 0 Å². The third-order valence-electron chi connectivity index (χ3n) is 3.02. The zero-order chi connectivity index (χ0) is 13.2. The van der Waals surface area contributed by atoms with Gasteiger partial charge in [-0.1, -0.05) is 0 Å². The number of rotatable bonds is 3. The predicted molar refractivity (Wildman–Crippen MR) is 82.0 cm³/mol. The summed E-state index contributed by atoms with van der Waals surface area (Å²) in [6, 6.07) is 17.5. The zero-order valence-electron chi connectivity index (χ0n) is 11.1. The van der Waals surface area contributed by atoms with E-state index in [0.717, 1.165) is 11.1 Å². The van der Waals surface area contributed by atoms with Crippen LogP contribution >= 0.6 is 7.26 Å². The molecule has 94 valence electrons. The Kier molecular flexibility index (Phi) is 3.63. The summed E-state index contributed by atoms with van der Waals surface area (Å²) in [5.41, 5.74) is 1.63. The van der Waals surface area contributed by atoms with Crippen molar-refractivity contribution in [3.63, 3.8) is 0 Å². The number of hydrogen-bond acceptors (Lipinski definition) is 1. The molecule has 0 aromatic heterocycles. The van der Waals surface area contributed by atoms with Gasteiger partial charge in [0.05, 0.1) is 0 Å². The van der Waals surface area contributed by atoms with E-state index in [4.69, 9.17) is 0 Å². The molecule has 0 aliphatic rings. The fourth-order valence-electron chi connectivity index (χ4n) is 2.08. The van der Waals surface area contributed by atoms with E-state index in [1.807, 2.05) is 48.5 Å². The van der Waals surface area contributed by atoms with Gasteiger partial charge in [0.15, 0.2) is 0 Å². The first-order valence-electron chi connectivity index (χ1n) is 6.19. The molecule has 0 amide bonds. The zero-order valence-corrected chi connectivity index (χ0v) is 12.1. The van der Waals surface area contributed by atoms with Crippen LogP contribution in [0.4, 0.5) is 0 Å². The molecule has 0 aliphatic heterocycles. The van der Waals surface area contributed by atoms with Gasteiger partial charge >= 0.3 is 109 Å². The summed E-state index contributed by atoms with van der Waals surface area (Å²) < 4.78 is 0. The van der Waals surface area contributed by atoms with Crippen molar-refractivity contribution in [1.29, 1.82) is 0 Å². The number of carbonyl (C=O) groups is 1. The van der Waals surface area contributed by atoms with Crippen molar-refractivity contribution >= 4 is 18.4 Å². The van der Waals surface area contributed by atoms with Crippen LogP contribution < -0.4 is 5.30 Å². The van der Waals surface area contributed by atoms with Gasteiger partial charge in [-0.2, -0.15) is 0 Å². The maximum atomic E-state index is 12.5. The first kappa shape index (κ1) is 13.0. The molecule has 0 bridgehead atoms. The van der Waals surface area contributed by atoms with Crippen molar-refractivity contribution in [2.75, 3.05) is 20.0 Å². The third-order valence-corrected chi connectivity index (χ3v) is 5.07. The van der Waals surface area contributed by atoms with Gasteiger partial charge in [0.2, 0.25) is 0 Å². The van der Waals surface area contributed by atoms with E-state index in [9.17, 15) is 4.79 Å². The molecule has 0 fully saturated rings. The van der Waals surface area contributed by atoms with E-state index >= 15 is 0 Å². The van der Waals surface area contributed by atoms with Crippen LogP contribution in [0.25, 0.3) is 0 Å². The molecule has 0 saturated heterocycles. The first-order valence-corrected chi connectivity index (χ1v) is 9.69. The Morgan fingerprint density at radius 3 is 2.00 bits per heavy atom. The fourth-order valence-corrected chi connectivity index (χ4v) is 3.68. The molecule has 0 spiro atoms. The van der Waals surface area contributed by atoms with Crippen LogP contribution in [0.1, 0.15) is 15.9 Å². The summed E-state index contributed by atoms with van der Waals surface area (Å²) in [7, 11) is -1.49. The summed E-state index contributed by atoms with van der Waals surface area (Å²) >= 11 is 0. The predicted octanol–water partition coefficient (Wildman–Crippen LogP) is 3.18. The molecule has 0 unspecified atom stereocenters. The number of ketones is 1. The molecule has 0 atom stereocenters. The van der Waals surface area contributed by atoms with Crippen LogP contribution in [0.2, 0.25) is 0 Å². The second-order valence-electron chi connectivity index (χ2n) is 5.49. The first-order chi connectivity index (χ1) is 8.50. The molecule has 18 heavy (non-hydrogen) atoms. The van der Waals surface area contributed by atoms with E-state index in [-0.39, 0.29) is 5.78 Å². The molecule has 0 heterocycles. The van der Waals surface area contributed by atoms with Crippen molar-refractivity contribution < 1.29 is 4.79 Å². The van der Waals surface area contributed by atoms with E-state index in [0.29, 0.717) is 0 Å². The van der Waals surface area contributed by atoms with Gasteiger partial charge in [-0.3, -0.25) is 0 Å².